The highest BCUT2D eigenvalue weighted by atomic mass is 32.2. The first-order valence-electron chi connectivity index (χ1n) is 20.3. The number of carbonyl (C=O) groups is 1. The number of benzene rings is 5. The van der Waals surface area contributed by atoms with Crippen LogP contribution in [0.3, 0.4) is 0 Å². The topological polar surface area (TPSA) is 194 Å². The second-order valence-electron chi connectivity index (χ2n) is 14.7. The largest absolute Gasteiger partial charge is 0.494 e. The molecule has 63 heavy (non-hydrogen) atoms. The third-order valence-electron chi connectivity index (χ3n) is 10.4. The number of ether oxygens (including phenoxy) is 1. The molecular weight excluding hydrogens is 841 g/mol. The van der Waals surface area contributed by atoms with Crippen molar-refractivity contribution in [2.45, 2.75) is 49.6 Å². The van der Waals surface area contributed by atoms with Gasteiger partial charge in [-0.3, -0.25) is 13.9 Å². The highest BCUT2D eigenvalue weighted by molar-refractivity contribution is 7.86. The van der Waals surface area contributed by atoms with Gasteiger partial charge in [-0.2, -0.15) is 16.8 Å². The van der Waals surface area contributed by atoms with Gasteiger partial charge < -0.3 is 25.0 Å². The molecule has 326 valence electrons. The number of anilines is 2. The predicted octanol–water partition coefficient (Wildman–Crippen LogP) is 6.29. The normalized spacial score (nSPS) is 12.5. The smallest absolute Gasteiger partial charge is 0.490 e. The van der Waals surface area contributed by atoms with E-state index in [1.165, 1.54) is 24.3 Å². The van der Waals surface area contributed by atoms with Crippen LogP contribution < -0.4 is 20.4 Å². The fraction of sp³-hybridized carbons (Fsp3) is 0.191. The standard InChI is InChI=1S/C47H48BN3O10S2/c1-3-50(32-34-12-6-5-7-13-34)38-23-19-36(20-24-38)47(37-21-25-39(26-22-37)51(4-2)33-35-14-10-15-41(30-35)62(55,56)57)42-28-27-40(31-45(42)63(58,59)60)61-29-11-18-46(52)49-44-17-9-8-16-43(44)48(53)54/h5-10,12-17,19-28,30-31,53-54H,3-4,11,18,29,32-33H2,1-2H3,(H2-,49,52,55,56,57,58,59,60)/p+1. The van der Waals surface area contributed by atoms with Crippen LogP contribution in [0.2, 0.25) is 0 Å². The zero-order valence-corrected chi connectivity index (χ0v) is 36.5. The Balaban J connectivity index is 1.31. The van der Waals surface area contributed by atoms with E-state index in [9.17, 15) is 40.8 Å². The molecule has 0 aromatic heterocycles. The second kappa shape index (κ2) is 20.8. The van der Waals surface area contributed by atoms with Crippen LogP contribution in [0.1, 0.15) is 48.9 Å². The van der Waals surface area contributed by atoms with Crippen molar-refractivity contribution in [2.24, 2.45) is 0 Å². The summed E-state index contributed by atoms with van der Waals surface area (Å²) in [6, 6.07) is 34.7. The van der Waals surface area contributed by atoms with Gasteiger partial charge in [-0.05, 0) is 97.2 Å². The molecule has 0 heterocycles. The SMILES string of the molecule is CCN(Cc1ccccc1)c1ccc(C(=C2C=CC(=[N+](CC)Cc3cccc(S(=O)(=O)O)c3)C=C2)c2ccc(OCCCC(=O)Nc3ccccc3B(O)O)cc2S(=O)(=O)O)cc1. The Bertz CT molecular complexity index is 2770. The molecule has 0 saturated carbocycles. The molecule has 0 atom stereocenters. The van der Waals surface area contributed by atoms with Gasteiger partial charge in [-0.15, -0.1) is 0 Å². The van der Waals surface area contributed by atoms with Crippen LogP contribution in [0.25, 0.3) is 5.57 Å². The monoisotopic (exact) mass is 890 g/mol. The number of amides is 1. The molecule has 16 heteroatoms. The summed E-state index contributed by atoms with van der Waals surface area (Å²) in [7, 11) is -11.0. The predicted molar refractivity (Wildman–Crippen MR) is 246 cm³/mol. The lowest BCUT2D eigenvalue weighted by Gasteiger charge is -2.24. The fourth-order valence-corrected chi connectivity index (χ4v) is 8.50. The first-order chi connectivity index (χ1) is 30.1. The molecule has 0 radical (unpaired) electrons. The summed E-state index contributed by atoms with van der Waals surface area (Å²) < 4.78 is 78.1. The van der Waals surface area contributed by atoms with Gasteiger partial charge in [0, 0.05) is 65.7 Å². The number of nitrogens with zero attached hydrogens (tertiary/aromatic N) is 2. The average Bonchev–Trinajstić information content (AvgIpc) is 3.27. The number of nitrogens with one attached hydrogen (secondary N) is 1. The molecular formula is C47H49BN3O10S2+. The summed E-state index contributed by atoms with van der Waals surface area (Å²) in [6.45, 7) is 6.39. The van der Waals surface area contributed by atoms with E-state index in [1.54, 1.807) is 42.5 Å². The summed E-state index contributed by atoms with van der Waals surface area (Å²) in [5.74, 6) is -0.228. The molecule has 1 amide bonds. The van der Waals surface area contributed by atoms with Crippen molar-refractivity contribution in [3.8, 4) is 5.75 Å². The Morgan fingerprint density at radius 3 is 2.10 bits per heavy atom. The maximum Gasteiger partial charge on any atom is 0.490 e. The van der Waals surface area contributed by atoms with Crippen molar-refractivity contribution in [3.05, 3.63) is 173 Å². The van der Waals surface area contributed by atoms with Crippen molar-refractivity contribution >= 4 is 61.4 Å². The highest BCUT2D eigenvalue weighted by Gasteiger charge is 2.24. The van der Waals surface area contributed by atoms with E-state index in [2.05, 4.69) is 29.3 Å². The molecule has 0 unspecified atom stereocenters. The highest BCUT2D eigenvalue weighted by Crippen LogP contribution is 2.36. The van der Waals surface area contributed by atoms with Crippen molar-refractivity contribution in [3.63, 3.8) is 0 Å². The number of carbonyl (C=O) groups excluding carboxylic acids is 1. The zero-order valence-electron chi connectivity index (χ0n) is 34.8. The first-order valence-corrected chi connectivity index (χ1v) is 23.2. The van der Waals surface area contributed by atoms with Gasteiger partial charge in [0.15, 0.2) is 12.3 Å². The van der Waals surface area contributed by atoms with E-state index in [0.717, 1.165) is 23.5 Å². The Morgan fingerprint density at radius 2 is 1.44 bits per heavy atom. The number of allylic oxidation sites excluding steroid dienone is 5. The van der Waals surface area contributed by atoms with Gasteiger partial charge in [0.1, 0.15) is 17.2 Å². The van der Waals surface area contributed by atoms with Crippen molar-refractivity contribution in [1.82, 2.24) is 0 Å². The third kappa shape index (κ3) is 12.3. The second-order valence-corrected chi connectivity index (χ2v) is 17.5. The summed E-state index contributed by atoms with van der Waals surface area (Å²) in [4.78, 5) is 14.3. The summed E-state index contributed by atoms with van der Waals surface area (Å²) >= 11 is 0. The van der Waals surface area contributed by atoms with Crippen molar-refractivity contribution in [1.29, 1.82) is 0 Å². The van der Waals surface area contributed by atoms with Gasteiger partial charge in [-0.1, -0.05) is 72.8 Å². The molecule has 1 aliphatic rings. The Hall–Kier alpha value is -6.14. The van der Waals surface area contributed by atoms with Crippen molar-refractivity contribution < 1.29 is 50.1 Å². The number of hydrogen-bond donors (Lipinski definition) is 5. The van der Waals surface area contributed by atoms with Gasteiger partial charge in [0.2, 0.25) is 5.91 Å². The maximum absolute atomic E-state index is 13.2. The Labute approximate surface area is 368 Å². The number of rotatable bonds is 18. The van der Waals surface area contributed by atoms with Crippen LogP contribution in [0, 0.1) is 0 Å². The molecule has 0 spiro atoms. The third-order valence-corrected chi connectivity index (χ3v) is 12.2. The minimum absolute atomic E-state index is 0.0240. The van der Waals surface area contributed by atoms with E-state index in [0.29, 0.717) is 41.9 Å². The molecule has 5 N–H and O–H groups in total. The Morgan fingerprint density at radius 1 is 0.762 bits per heavy atom. The number of hydrogen-bond acceptors (Lipinski definition) is 9. The van der Waals surface area contributed by atoms with Gasteiger partial charge in [0.05, 0.1) is 11.5 Å². The zero-order chi connectivity index (χ0) is 45.1. The van der Waals surface area contributed by atoms with Crippen LogP contribution in [-0.4, -0.2) is 79.0 Å². The molecule has 6 rings (SSSR count). The van der Waals surface area contributed by atoms with Crippen LogP contribution in [-0.2, 0) is 38.1 Å². The molecule has 1 aliphatic carbocycles. The fourth-order valence-electron chi connectivity index (χ4n) is 7.24. The van der Waals surface area contributed by atoms with Gasteiger partial charge in [-0.25, -0.2) is 4.58 Å². The van der Waals surface area contributed by atoms with Crippen LogP contribution in [0.4, 0.5) is 11.4 Å². The quantitative estimate of drug-likeness (QED) is 0.0288. The van der Waals surface area contributed by atoms with Gasteiger partial charge in [0.25, 0.3) is 20.2 Å². The van der Waals surface area contributed by atoms with Crippen LogP contribution in [0.15, 0.2) is 161 Å². The van der Waals surface area contributed by atoms with E-state index in [1.807, 2.05) is 78.3 Å². The van der Waals surface area contributed by atoms with E-state index < -0.39 is 27.4 Å². The molecule has 0 fully saturated rings. The van der Waals surface area contributed by atoms with E-state index >= 15 is 0 Å². The summed E-state index contributed by atoms with van der Waals surface area (Å²) in [6.07, 6.45) is 7.73. The average molecular weight is 891 g/mol. The summed E-state index contributed by atoms with van der Waals surface area (Å²) in [5.41, 5.74) is 6.07. The lowest BCUT2D eigenvalue weighted by atomic mass is 9.79. The maximum atomic E-state index is 13.2. The molecule has 0 saturated heterocycles. The molecule has 5 aromatic rings. The lowest BCUT2D eigenvalue weighted by molar-refractivity contribution is -0.539. The molecule has 5 aromatic carbocycles. The molecule has 0 aliphatic heterocycles. The van der Waals surface area contributed by atoms with Gasteiger partial charge >= 0.3 is 7.12 Å². The van der Waals surface area contributed by atoms with Crippen molar-refractivity contribution in [2.75, 3.05) is 29.9 Å². The lowest BCUT2D eigenvalue weighted by Crippen LogP contribution is -2.33. The minimum Gasteiger partial charge on any atom is -0.494 e. The Kier molecular flexibility index (Phi) is 15.3. The van der Waals surface area contributed by atoms with E-state index in [4.69, 9.17) is 4.74 Å². The molecule has 0 bridgehead atoms. The van der Waals surface area contributed by atoms with E-state index in [-0.39, 0.29) is 57.6 Å². The molecule has 13 nitrogen and oxygen atoms in total. The minimum atomic E-state index is -4.82. The number of para-hydroxylation sites is 1. The first kappa shape index (κ1) is 46.4. The summed E-state index contributed by atoms with van der Waals surface area (Å²) in [5, 5.41) is 21.9. The van der Waals surface area contributed by atoms with Crippen LogP contribution in [0.5, 0.6) is 5.75 Å². The van der Waals surface area contributed by atoms with Crippen LogP contribution >= 0.6 is 0 Å².